The summed E-state index contributed by atoms with van der Waals surface area (Å²) in [5.41, 5.74) is 0.549. The molecule has 1 heterocycles. The highest BCUT2D eigenvalue weighted by Crippen LogP contribution is 2.23. The van der Waals surface area contributed by atoms with E-state index in [1.807, 2.05) is 4.90 Å². The van der Waals surface area contributed by atoms with Gasteiger partial charge >= 0.3 is 0 Å². The molecule has 5 heteroatoms. The van der Waals surface area contributed by atoms with Gasteiger partial charge in [-0.1, -0.05) is 15.9 Å². The lowest BCUT2D eigenvalue weighted by Gasteiger charge is -2.32. The van der Waals surface area contributed by atoms with E-state index in [1.165, 1.54) is 12.5 Å². The maximum absolute atomic E-state index is 13.2. The molecule has 2 nitrogen and oxygen atoms in total. The van der Waals surface area contributed by atoms with Gasteiger partial charge in [0.25, 0.3) is 5.91 Å². The fraction of sp³-hybridized carbons (Fsp3) is 0.500. The Morgan fingerprint density at radius 3 is 2.95 bits per heavy atom. The molecule has 1 aromatic carbocycles. The number of halogens is 3. The molecule has 0 radical (unpaired) electrons. The third-order valence-electron chi connectivity index (χ3n) is 3.49. The summed E-state index contributed by atoms with van der Waals surface area (Å²) in [4.78, 5) is 14.3. The molecule has 1 amide bonds. The summed E-state index contributed by atoms with van der Waals surface area (Å²) in [5.74, 6) is 0.230. The van der Waals surface area contributed by atoms with Gasteiger partial charge in [-0.2, -0.15) is 0 Å². The van der Waals surface area contributed by atoms with E-state index in [-0.39, 0.29) is 11.7 Å². The molecule has 104 valence electrons. The third-order valence-corrected chi connectivity index (χ3v) is 4.56. The van der Waals surface area contributed by atoms with Gasteiger partial charge < -0.3 is 4.90 Å². The number of alkyl halides is 1. The summed E-state index contributed by atoms with van der Waals surface area (Å²) in [6.45, 7) is 1.60. The first-order chi connectivity index (χ1) is 9.11. The number of nitrogens with zero attached hydrogens (tertiary/aromatic N) is 1. The molecular formula is C14H16Br2FNO. The fourth-order valence-corrected chi connectivity index (χ4v) is 3.48. The smallest absolute Gasteiger partial charge is 0.253 e. The number of carbonyl (C=O) groups excluding carboxylic acids is 1. The summed E-state index contributed by atoms with van der Waals surface area (Å²) in [6, 6.07) is 4.44. The molecule has 0 saturated carbocycles. The van der Waals surface area contributed by atoms with Crippen LogP contribution in [0.25, 0.3) is 0 Å². The van der Waals surface area contributed by atoms with Gasteiger partial charge in [-0.05, 0) is 59.3 Å². The molecule has 0 aliphatic carbocycles. The number of rotatable bonds is 3. The second-order valence-electron chi connectivity index (χ2n) is 4.87. The minimum atomic E-state index is -0.340. The summed E-state index contributed by atoms with van der Waals surface area (Å²) in [7, 11) is 0. The van der Waals surface area contributed by atoms with Crippen LogP contribution in [0.4, 0.5) is 4.39 Å². The van der Waals surface area contributed by atoms with Crippen molar-refractivity contribution < 1.29 is 9.18 Å². The van der Waals surface area contributed by atoms with E-state index in [9.17, 15) is 9.18 Å². The zero-order valence-electron chi connectivity index (χ0n) is 10.5. The fourth-order valence-electron chi connectivity index (χ4n) is 2.45. The van der Waals surface area contributed by atoms with Crippen LogP contribution < -0.4 is 0 Å². The minimum absolute atomic E-state index is 0.0000255. The van der Waals surface area contributed by atoms with Crippen molar-refractivity contribution in [1.29, 1.82) is 0 Å². The first-order valence-electron chi connectivity index (χ1n) is 6.42. The van der Waals surface area contributed by atoms with Gasteiger partial charge in [0, 0.05) is 24.0 Å². The van der Waals surface area contributed by atoms with Crippen LogP contribution in [0.1, 0.15) is 29.6 Å². The Kier molecular flexibility index (Phi) is 5.39. The Bertz CT molecular complexity index is 465. The van der Waals surface area contributed by atoms with Gasteiger partial charge in [0.2, 0.25) is 0 Å². The van der Waals surface area contributed by atoms with Crippen LogP contribution in [-0.2, 0) is 0 Å². The summed E-state index contributed by atoms with van der Waals surface area (Å²) in [5, 5.41) is 0.974. The Morgan fingerprint density at radius 2 is 2.26 bits per heavy atom. The average Bonchev–Trinajstić information content (AvgIpc) is 2.42. The van der Waals surface area contributed by atoms with Crippen LogP contribution in [0.2, 0.25) is 0 Å². The van der Waals surface area contributed by atoms with E-state index in [0.717, 1.165) is 31.3 Å². The van der Waals surface area contributed by atoms with Gasteiger partial charge in [-0.25, -0.2) is 4.39 Å². The van der Waals surface area contributed by atoms with Crippen LogP contribution in [0, 0.1) is 11.7 Å². The molecule has 1 aliphatic rings. The quantitative estimate of drug-likeness (QED) is 0.705. The molecule has 1 saturated heterocycles. The van der Waals surface area contributed by atoms with Crippen LogP contribution in [-0.4, -0.2) is 29.2 Å². The molecule has 0 spiro atoms. The zero-order chi connectivity index (χ0) is 13.8. The van der Waals surface area contributed by atoms with Crippen molar-refractivity contribution in [3.05, 3.63) is 34.1 Å². The second kappa shape index (κ2) is 6.84. The number of hydrogen-bond donors (Lipinski definition) is 0. The van der Waals surface area contributed by atoms with Crippen LogP contribution >= 0.6 is 31.9 Å². The highest BCUT2D eigenvalue weighted by molar-refractivity contribution is 9.10. The molecule has 1 aromatic rings. The van der Waals surface area contributed by atoms with Crippen LogP contribution in [0.15, 0.2) is 22.7 Å². The van der Waals surface area contributed by atoms with Crippen molar-refractivity contribution in [2.45, 2.75) is 19.3 Å². The lowest BCUT2D eigenvalue weighted by Crippen LogP contribution is -2.40. The topological polar surface area (TPSA) is 20.3 Å². The third kappa shape index (κ3) is 3.78. The highest BCUT2D eigenvalue weighted by Gasteiger charge is 2.24. The van der Waals surface area contributed by atoms with Gasteiger partial charge in [0.05, 0.1) is 4.47 Å². The maximum atomic E-state index is 13.2. The average molecular weight is 393 g/mol. The Hall–Kier alpha value is -0.420. The Morgan fingerprint density at radius 1 is 1.47 bits per heavy atom. The van der Waals surface area contributed by atoms with E-state index < -0.39 is 0 Å². The molecule has 1 aliphatic heterocycles. The van der Waals surface area contributed by atoms with Crippen molar-refractivity contribution in [3.63, 3.8) is 0 Å². The maximum Gasteiger partial charge on any atom is 0.253 e. The molecular weight excluding hydrogens is 377 g/mol. The van der Waals surface area contributed by atoms with Gasteiger partial charge in [-0.3, -0.25) is 4.79 Å². The number of amides is 1. The summed E-state index contributed by atoms with van der Waals surface area (Å²) < 4.78 is 13.5. The summed E-state index contributed by atoms with van der Waals surface area (Å²) in [6.07, 6.45) is 3.32. The number of hydrogen-bond acceptors (Lipinski definition) is 1. The van der Waals surface area contributed by atoms with Crippen molar-refractivity contribution in [2.75, 3.05) is 18.4 Å². The van der Waals surface area contributed by atoms with Gasteiger partial charge in [-0.15, -0.1) is 0 Å². The largest absolute Gasteiger partial charge is 0.338 e. The van der Waals surface area contributed by atoms with Crippen molar-refractivity contribution in [3.8, 4) is 0 Å². The highest BCUT2D eigenvalue weighted by atomic mass is 79.9. The molecule has 19 heavy (non-hydrogen) atoms. The van der Waals surface area contributed by atoms with E-state index in [2.05, 4.69) is 31.9 Å². The van der Waals surface area contributed by atoms with Gasteiger partial charge in [0.1, 0.15) is 5.82 Å². The first-order valence-corrected chi connectivity index (χ1v) is 8.33. The number of piperidine rings is 1. The molecule has 2 rings (SSSR count). The lowest BCUT2D eigenvalue weighted by molar-refractivity contribution is 0.0672. The Balaban J connectivity index is 2.08. The van der Waals surface area contributed by atoms with Crippen LogP contribution in [0.3, 0.4) is 0 Å². The molecule has 0 N–H and O–H groups in total. The SMILES string of the molecule is O=C(c1ccc(F)c(Br)c1)N1CCCC(CCBr)C1. The van der Waals surface area contributed by atoms with Crippen molar-refractivity contribution in [2.24, 2.45) is 5.92 Å². The Labute approximate surface area is 129 Å². The predicted octanol–water partition coefficient (Wildman–Crippen LogP) is 4.23. The monoisotopic (exact) mass is 391 g/mol. The molecule has 0 aromatic heterocycles. The minimum Gasteiger partial charge on any atom is -0.338 e. The molecule has 1 atom stereocenters. The van der Waals surface area contributed by atoms with Crippen molar-refractivity contribution >= 4 is 37.8 Å². The number of carbonyl (C=O) groups is 1. The van der Waals surface area contributed by atoms with Crippen LogP contribution in [0.5, 0.6) is 0 Å². The van der Waals surface area contributed by atoms with E-state index >= 15 is 0 Å². The predicted molar refractivity (Wildman–Crippen MR) is 81.1 cm³/mol. The number of benzene rings is 1. The second-order valence-corrected chi connectivity index (χ2v) is 6.51. The number of likely N-dealkylation sites (tertiary alicyclic amines) is 1. The van der Waals surface area contributed by atoms with E-state index in [0.29, 0.717) is 16.0 Å². The normalized spacial score (nSPS) is 19.5. The zero-order valence-corrected chi connectivity index (χ0v) is 13.7. The lowest BCUT2D eigenvalue weighted by atomic mass is 9.95. The first kappa shape index (κ1) is 15.0. The standard InChI is InChI=1S/C14H16Br2FNO/c15-6-5-10-2-1-7-18(9-10)14(19)11-3-4-13(17)12(16)8-11/h3-4,8,10H,1-2,5-7,9H2. The van der Waals surface area contributed by atoms with E-state index in [1.54, 1.807) is 12.1 Å². The molecule has 1 unspecified atom stereocenters. The molecule has 0 bridgehead atoms. The summed E-state index contributed by atoms with van der Waals surface area (Å²) >= 11 is 6.58. The van der Waals surface area contributed by atoms with E-state index in [4.69, 9.17) is 0 Å². The molecule has 1 fully saturated rings. The van der Waals surface area contributed by atoms with Gasteiger partial charge in [0.15, 0.2) is 0 Å². The van der Waals surface area contributed by atoms with Crippen molar-refractivity contribution in [1.82, 2.24) is 4.90 Å².